The predicted molar refractivity (Wildman–Crippen MR) is 73.2 cm³/mol. The van der Waals surface area contributed by atoms with Crippen LogP contribution in [0.2, 0.25) is 5.02 Å². The Morgan fingerprint density at radius 2 is 1.78 bits per heavy atom. The summed E-state index contributed by atoms with van der Waals surface area (Å²) in [5, 5.41) is 3.08. The van der Waals surface area contributed by atoms with Crippen molar-refractivity contribution in [2.24, 2.45) is 0 Å². The normalized spacial score (nSPS) is 10.4. The van der Waals surface area contributed by atoms with Crippen LogP contribution >= 0.6 is 27.5 Å². The van der Waals surface area contributed by atoms with Gasteiger partial charge < -0.3 is 11.1 Å². The minimum Gasteiger partial charge on any atom is -0.399 e. The molecular formula is C12H8BrClF2N2. The molecule has 0 aliphatic heterocycles. The molecule has 2 aromatic carbocycles. The molecule has 0 heterocycles. The Morgan fingerprint density at radius 1 is 1.17 bits per heavy atom. The van der Waals surface area contributed by atoms with Crippen molar-refractivity contribution in [2.45, 2.75) is 0 Å². The van der Waals surface area contributed by atoms with Gasteiger partial charge in [-0.3, -0.25) is 0 Å². The van der Waals surface area contributed by atoms with Crippen molar-refractivity contribution in [1.82, 2.24) is 0 Å². The third kappa shape index (κ3) is 2.57. The monoisotopic (exact) mass is 332 g/mol. The second-order valence-corrected chi connectivity index (χ2v) is 4.79. The van der Waals surface area contributed by atoms with Crippen LogP contribution in [0.4, 0.5) is 25.8 Å². The van der Waals surface area contributed by atoms with Crippen molar-refractivity contribution in [3.8, 4) is 0 Å². The van der Waals surface area contributed by atoms with E-state index in [-0.39, 0.29) is 11.4 Å². The van der Waals surface area contributed by atoms with Crippen LogP contribution in [0, 0.1) is 11.6 Å². The molecule has 0 saturated heterocycles. The van der Waals surface area contributed by atoms with Crippen LogP contribution in [-0.2, 0) is 0 Å². The zero-order valence-electron chi connectivity index (χ0n) is 8.98. The van der Waals surface area contributed by atoms with E-state index in [9.17, 15) is 8.78 Å². The van der Waals surface area contributed by atoms with Gasteiger partial charge in [0.05, 0.1) is 15.2 Å². The van der Waals surface area contributed by atoms with Crippen molar-refractivity contribution >= 4 is 44.6 Å². The Balaban J connectivity index is 2.43. The summed E-state index contributed by atoms with van der Waals surface area (Å²) in [5.41, 5.74) is 5.56. The quantitative estimate of drug-likeness (QED) is 0.781. The standard InChI is InChI=1S/C12H8BrClF2N2/c13-11-7(14)2-1-3-10(11)18-12-8(15)4-6(17)5-9(12)16/h1-5,18H,17H2. The molecule has 2 rings (SSSR count). The fourth-order valence-corrected chi connectivity index (χ4v) is 1.99. The van der Waals surface area contributed by atoms with Gasteiger partial charge in [-0.1, -0.05) is 17.7 Å². The van der Waals surface area contributed by atoms with Gasteiger partial charge in [-0.2, -0.15) is 0 Å². The number of nitrogens with two attached hydrogens (primary N) is 1. The van der Waals surface area contributed by atoms with Gasteiger partial charge >= 0.3 is 0 Å². The lowest BCUT2D eigenvalue weighted by molar-refractivity contribution is 0.592. The smallest absolute Gasteiger partial charge is 0.151 e. The average molecular weight is 334 g/mol. The molecule has 0 bridgehead atoms. The first-order chi connectivity index (χ1) is 8.49. The van der Waals surface area contributed by atoms with Gasteiger partial charge in [0.15, 0.2) is 11.6 Å². The van der Waals surface area contributed by atoms with Gasteiger partial charge in [0, 0.05) is 5.69 Å². The Labute approximate surface area is 116 Å². The summed E-state index contributed by atoms with van der Waals surface area (Å²) in [6.45, 7) is 0. The molecule has 0 aliphatic rings. The van der Waals surface area contributed by atoms with E-state index in [1.165, 1.54) is 0 Å². The van der Waals surface area contributed by atoms with Gasteiger partial charge in [0.25, 0.3) is 0 Å². The number of halogens is 4. The third-order valence-electron chi connectivity index (χ3n) is 2.28. The molecule has 0 unspecified atom stereocenters. The topological polar surface area (TPSA) is 38.0 Å². The minimum atomic E-state index is -0.764. The first-order valence-electron chi connectivity index (χ1n) is 4.94. The fourth-order valence-electron chi connectivity index (χ4n) is 1.45. The first-order valence-corrected chi connectivity index (χ1v) is 6.11. The van der Waals surface area contributed by atoms with Crippen LogP contribution in [-0.4, -0.2) is 0 Å². The van der Waals surface area contributed by atoms with E-state index in [2.05, 4.69) is 21.2 Å². The molecule has 0 radical (unpaired) electrons. The maximum atomic E-state index is 13.6. The van der Waals surface area contributed by atoms with Gasteiger partial charge in [-0.25, -0.2) is 8.78 Å². The molecule has 0 atom stereocenters. The Bertz CT molecular complexity index is 582. The molecule has 0 aromatic heterocycles. The highest BCUT2D eigenvalue weighted by Gasteiger charge is 2.12. The molecule has 0 fully saturated rings. The molecule has 0 amide bonds. The van der Waals surface area contributed by atoms with Crippen LogP contribution in [0.25, 0.3) is 0 Å². The van der Waals surface area contributed by atoms with Crippen LogP contribution in [0.5, 0.6) is 0 Å². The summed E-state index contributed by atoms with van der Waals surface area (Å²) in [7, 11) is 0. The summed E-state index contributed by atoms with van der Waals surface area (Å²) in [5.74, 6) is -1.53. The molecule has 0 saturated carbocycles. The lowest BCUT2D eigenvalue weighted by Gasteiger charge is -2.11. The minimum absolute atomic E-state index is 0.0284. The summed E-state index contributed by atoms with van der Waals surface area (Å²) < 4.78 is 27.7. The first kappa shape index (κ1) is 13.1. The number of benzene rings is 2. The van der Waals surface area contributed by atoms with Crippen LogP contribution in [0.1, 0.15) is 0 Å². The lowest BCUT2D eigenvalue weighted by Crippen LogP contribution is -2.00. The number of hydrogen-bond donors (Lipinski definition) is 2. The number of nitrogen functional groups attached to an aromatic ring is 1. The summed E-state index contributed by atoms with van der Waals surface area (Å²) >= 11 is 9.13. The van der Waals surface area contributed by atoms with Gasteiger partial charge in [0.1, 0.15) is 5.69 Å². The summed E-state index contributed by atoms with van der Waals surface area (Å²) in [6, 6.07) is 7.06. The highest BCUT2D eigenvalue weighted by molar-refractivity contribution is 9.10. The molecule has 0 aliphatic carbocycles. The lowest BCUT2D eigenvalue weighted by atomic mass is 10.2. The van der Waals surface area contributed by atoms with Crippen LogP contribution in [0.15, 0.2) is 34.8 Å². The van der Waals surface area contributed by atoms with E-state index in [0.717, 1.165) is 12.1 Å². The highest BCUT2D eigenvalue weighted by Crippen LogP contribution is 2.34. The van der Waals surface area contributed by atoms with E-state index in [4.69, 9.17) is 17.3 Å². The van der Waals surface area contributed by atoms with Crippen molar-refractivity contribution in [2.75, 3.05) is 11.1 Å². The average Bonchev–Trinajstić information content (AvgIpc) is 2.28. The number of nitrogens with one attached hydrogen (secondary N) is 1. The molecule has 2 nitrogen and oxygen atoms in total. The molecular weight excluding hydrogens is 325 g/mol. The van der Waals surface area contributed by atoms with Gasteiger partial charge in [-0.05, 0) is 40.2 Å². The SMILES string of the molecule is Nc1cc(F)c(Nc2cccc(Cl)c2Br)c(F)c1. The van der Waals surface area contributed by atoms with Crippen molar-refractivity contribution in [3.05, 3.63) is 51.5 Å². The molecule has 94 valence electrons. The van der Waals surface area contributed by atoms with E-state index in [1.807, 2.05) is 0 Å². The Hall–Kier alpha value is -1.33. The maximum absolute atomic E-state index is 13.6. The van der Waals surface area contributed by atoms with Crippen molar-refractivity contribution < 1.29 is 8.78 Å². The van der Waals surface area contributed by atoms with E-state index in [0.29, 0.717) is 15.2 Å². The van der Waals surface area contributed by atoms with Gasteiger partial charge in [0.2, 0.25) is 0 Å². The molecule has 2 aromatic rings. The van der Waals surface area contributed by atoms with Crippen LogP contribution in [0.3, 0.4) is 0 Å². The molecule has 0 spiro atoms. The number of anilines is 3. The highest BCUT2D eigenvalue weighted by atomic mass is 79.9. The maximum Gasteiger partial charge on any atom is 0.151 e. The predicted octanol–water partition coefficient (Wildman–Crippen LogP) is 4.71. The molecule has 6 heteroatoms. The Morgan fingerprint density at radius 3 is 2.39 bits per heavy atom. The van der Waals surface area contributed by atoms with Crippen molar-refractivity contribution in [3.63, 3.8) is 0 Å². The summed E-state index contributed by atoms with van der Waals surface area (Å²) in [4.78, 5) is 0. The largest absolute Gasteiger partial charge is 0.399 e. The van der Waals surface area contributed by atoms with Crippen LogP contribution < -0.4 is 11.1 Å². The molecule has 3 N–H and O–H groups in total. The second kappa shape index (κ2) is 5.12. The van der Waals surface area contributed by atoms with E-state index in [1.54, 1.807) is 18.2 Å². The second-order valence-electron chi connectivity index (χ2n) is 3.59. The number of hydrogen-bond acceptors (Lipinski definition) is 2. The third-order valence-corrected chi connectivity index (χ3v) is 3.67. The zero-order chi connectivity index (χ0) is 13.3. The van der Waals surface area contributed by atoms with Gasteiger partial charge in [-0.15, -0.1) is 0 Å². The Kier molecular flexibility index (Phi) is 3.73. The number of rotatable bonds is 2. The van der Waals surface area contributed by atoms with E-state index >= 15 is 0 Å². The van der Waals surface area contributed by atoms with E-state index < -0.39 is 11.6 Å². The van der Waals surface area contributed by atoms with Crippen molar-refractivity contribution in [1.29, 1.82) is 0 Å². The zero-order valence-corrected chi connectivity index (χ0v) is 11.3. The summed E-state index contributed by atoms with van der Waals surface area (Å²) in [6.07, 6.45) is 0. The fraction of sp³-hybridized carbons (Fsp3) is 0. The molecule has 18 heavy (non-hydrogen) atoms.